The Morgan fingerprint density at radius 3 is 2.40 bits per heavy atom. The zero-order valence-electron chi connectivity index (χ0n) is 15.5. The number of para-hydroxylation sites is 2. The first-order valence-corrected chi connectivity index (χ1v) is 10.3. The maximum atomic E-state index is 12.7. The molecule has 0 radical (unpaired) electrons. The van der Waals surface area contributed by atoms with Crippen molar-refractivity contribution in [3.05, 3.63) is 104 Å². The largest absolute Gasteiger partial charge is 0.493 e. The molecule has 2 heterocycles. The Balaban J connectivity index is 1.85. The highest BCUT2D eigenvalue weighted by atomic mass is 35.5. The van der Waals surface area contributed by atoms with E-state index >= 15 is 0 Å². The molecule has 1 aromatic heterocycles. The fourth-order valence-electron chi connectivity index (χ4n) is 3.34. The van der Waals surface area contributed by atoms with Crippen LogP contribution in [0.2, 0.25) is 5.02 Å². The fourth-order valence-corrected chi connectivity index (χ4v) is 4.61. The molecule has 7 heteroatoms. The lowest BCUT2D eigenvalue weighted by Crippen LogP contribution is -2.22. The molecule has 146 valence electrons. The first kappa shape index (κ1) is 18.5. The van der Waals surface area contributed by atoms with Crippen LogP contribution in [0.4, 0.5) is 5.69 Å². The van der Waals surface area contributed by atoms with Crippen molar-refractivity contribution in [3.63, 3.8) is 0 Å². The van der Waals surface area contributed by atoms with Gasteiger partial charge in [0.25, 0.3) is 5.91 Å². The molecule has 5 rings (SSSR count). The van der Waals surface area contributed by atoms with Crippen molar-refractivity contribution in [2.75, 3.05) is 0 Å². The highest BCUT2D eigenvalue weighted by Crippen LogP contribution is 2.31. The molecule has 1 N–H and O–H groups in total. The maximum Gasteiger partial charge on any atom is 0.279 e. The van der Waals surface area contributed by atoms with Crippen molar-refractivity contribution >= 4 is 40.1 Å². The van der Waals surface area contributed by atoms with Crippen molar-refractivity contribution in [1.82, 2.24) is 4.57 Å². The van der Waals surface area contributed by atoms with E-state index in [9.17, 15) is 9.90 Å². The Bertz CT molecular complexity index is 1470. The van der Waals surface area contributed by atoms with E-state index in [-0.39, 0.29) is 5.88 Å². The van der Waals surface area contributed by atoms with Crippen molar-refractivity contribution in [1.29, 1.82) is 0 Å². The van der Waals surface area contributed by atoms with E-state index in [1.165, 1.54) is 11.3 Å². The normalized spacial score (nSPS) is 13.4. The van der Waals surface area contributed by atoms with Gasteiger partial charge in [-0.1, -0.05) is 59.3 Å². The van der Waals surface area contributed by atoms with Gasteiger partial charge in [-0.25, -0.2) is 9.98 Å². The van der Waals surface area contributed by atoms with E-state index in [0.29, 0.717) is 30.9 Å². The van der Waals surface area contributed by atoms with Crippen LogP contribution in [0.3, 0.4) is 0 Å². The average Bonchev–Trinajstić information content (AvgIpc) is 3.24. The van der Waals surface area contributed by atoms with Crippen LogP contribution >= 0.6 is 22.9 Å². The number of rotatable bonds is 3. The number of halogens is 1. The quantitative estimate of drug-likeness (QED) is 0.539. The summed E-state index contributed by atoms with van der Waals surface area (Å²) in [7, 11) is 0. The molecule has 0 atom stereocenters. The number of aromatic hydroxyl groups is 1. The van der Waals surface area contributed by atoms with Gasteiger partial charge >= 0.3 is 0 Å². The third-order valence-corrected chi connectivity index (χ3v) is 5.97. The van der Waals surface area contributed by atoms with Gasteiger partial charge in [0.1, 0.15) is 4.88 Å². The molecule has 3 aromatic carbocycles. The second-order valence-corrected chi connectivity index (χ2v) is 8.02. The van der Waals surface area contributed by atoms with Crippen LogP contribution in [0.1, 0.15) is 4.88 Å². The zero-order chi connectivity index (χ0) is 20.7. The Kier molecular flexibility index (Phi) is 4.58. The molecule has 0 bridgehead atoms. The number of hydrogen-bond acceptors (Lipinski definition) is 4. The summed E-state index contributed by atoms with van der Waals surface area (Å²) >= 11 is 7.39. The summed E-state index contributed by atoms with van der Waals surface area (Å²) in [5, 5.41) is 12.8. The summed E-state index contributed by atoms with van der Waals surface area (Å²) in [6.45, 7) is 0. The Labute approximate surface area is 180 Å². The standard InChI is InChI=1S/C23H14ClN3O2S/c24-14-11-12-18-17(13-14)19(21(28)26-18)20-22(29)27(16-9-5-2-6-10-16)23(30-20)25-15-7-3-1-4-8-15/h1-13,29H. The molecule has 0 unspecified atom stereocenters. The number of benzene rings is 3. The summed E-state index contributed by atoms with van der Waals surface area (Å²) in [5.74, 6) is -0.470. The Morgan fingerprint density at radius 1 is 0.967 bits per heavy atom. The van der Waals surface area contributed by atoms with Crippen LogP contribution in [0.5, 0.6) is 5.88 Å². The van der Waals surface area contributed by atoms with E-state index in [2.05, 4.69) is 4.99 Å². The summed E-state index contributed by atoms with van der Waals surface area (Å²) < 4.78 is 1.63. The van der Waals surface area contributed by atoms with Gasteiger partial charge in [0, 0.05) is 10.2 Å². The second-order valence-electron chi connectivity index (χ2n) is 6.61. The molecule has 1 aliphatic rings. The third kappa shape index (κ3) is 3.16. The van der Waals surface area contributed by atoms with E-state index in [0.717, 1.165) is 11.4 Å². The predicted octanol–water partition coefficient (Wildman–Crippen LogP) is 3.49. The third-order valence-electron chi connectivity index (χ3n) is 4.69. The smallest absolute Gasteiger partial charge is 0.279 e. The number of hydrogen-bond donors (Lipinski definition) is 1. The lowest BCUT2D eigenvalue weighted by atomic mass is 10.1. The zero-order valence-corrected chi connectivity index (χ0v) is 17.1. The minimum atomic E-state index is -0.407. The van der Waals surface area contributed by atoms with Crippen molar-refractivity contribution in [3.8, 4) is 11.6 Å². The number of fused-ring (bicyclic) bond motifs is 1. The van der Waals surface area contributed by atoms with E-state index in [4.69, 9.17) is 16.6 Å². The Hall–Kier alpha value is -3.48. The van der Waals surface area contributed by atoms with E-state index in [1.54, 1.807) is 22.8 Å². The van der Waals surface area contributed by atoms with Gasteiger partial charge in [0.05, 0.1) is 22.3 Å². The number of carbonyl (C=O) groups is 1. The molecule has 30 heavy (non-hydrogen) atoms. The van der Waals surface area contributed by atoms with Crippen LogP contribution in [0.25, 0.3) is 11.3 Å². The number of thiazole rings is 1. The van der Waals surface area contributed by atoms with Gasteiger partial charge in [-0.15, -0.1) is 0 Å². The molecular weight excluding hydrogens is 418 g/mol. The molecule has 0 saturated heterocycles. The monoisotopic (exact) mass is 431 g/mol. The van der Waals surface area contributed by atoms with Crippen LogP contribution in [-0.2, 0) is 4.79 Å². The predicted molar refractivity (Wildman–Crippen MR) is 117 cm³/mol. The molecular formula is C23H14ClN3O2S. The first-order chi connectivity index (χ1) is 14.6. The fraction of sp³-hybridized carbons (Fsp3) is 0. The maximum absolute atomic E-state index is 12.7. The lowest BCUT2D eigenvalue weighted by Gasteiger charge is -2.05. The molecule has 5 nitrogen and oxygen atoms in total. The molecule has 0 saturated carbocycles. The summed E-state index contributed by atoms with van der Waals surface area (Å²) in [6, 6.07) is 23.9. The molecule has 0 fully saturated rings. The summed E-state index contributed by atoms with van der Waals surface area (Å²) in [6.07, 6.45) is 0. The SMILES string of the molecule is O=C1N=c2ccc(Cl)cc2=C1c1sc(=Nc2ccccc2)n(-c2ccccc2)c1O. The topological polar surface area (TPSA) is 67.0 Å². The first-order valence-electron chi connectivity index (χ1n) is 9.15. The van der Waals surface area contributed by atoms with Crippen molar-refractivity contribution in [2.24, 2.45) is 9.98 Å². The van der Waals surface area contributed by atoms with Gasteiger partial charge in [-0.3, -0.25) is 9.36 Å². The van der Waals surface area contributed by atoms with Crippen LogP contribution in [-0.4, -0.2) is 15.6 Å². The van der Waals surface area contributed by atoms with E-state index < -0.39 is 5.91 Å². The number of aromatic nitrogens is 1. The van der Waals surface area contributed by atoms with Gasteiger partial charge in [-0.05, 0) is 42.5 Å². The summed E-state index contributed by atoms with van der Waals surface area (Å²) in [5.41, 5.74) is 1.81. The van der Waals surface area contributed by atoms with E-state index in [1.807, 2.05) is 60.7 Å². The number of nitrogens with zero attached hydrogens (tertiary/aromatic N) is 3. The molecule has 0 aliphatic carbocycles. The van der Waals surface area contributed by atoms with Crippen LogP contribution in [0.15, 0.2) is 88.8 Å². The second kappa shape index (κ2) is 7.40. The molecule has 0 spiro atoms. The average molecular weight is 432 g/mol. The minimum absolute atomic E-state index is 0.0627. The lowest BCUT2D eigenvalue weighted by molar-refractivity contribution is -0.112. The summed E-state index contributed by atoms with van der Waals surface area (Å²) in [4.78, 5) is 22.5. The minimum Gasteiger partial charge on any atom is -0.493 e. The molecule has 1 amide bonds. The highest BCUT2D eigenvalue weighted by molar-refractivity contribution is 7.11. The van der Waals surface area contributed by atoms with Crippen molar-refractivity contribution < 1.29 is 9.90 Å². The van der Waals surface area contributed by atoms with Gasteiger partial charge in [0.2, 0.25) is 5.88 Å². The van der Waals surface area contributed by atoms with Gasteiger partial charge < -0.3 is 5.11 Å². The molecule has 1 aliphatic heterocycles. The van der Waals surface area contributed by atoms with Crippen LogP contribution < -0.4 is 15.4 Å². The Morgan fingerprint density at radius 2 is 1.67 bits per heavy atom. The number of amides is 1. The van der Waals surface area contributed by atoms with Gasteiger partial charge in [-0.2, -0.15) is 0 Å². The van der Waals surface area contributed by atoms with Gasteiger partial charge in [0.15, 0.2) is 4.80 Å². The highest BCUT2D eigenvalue weighted by Gasteiger charge is 2.26. The number of carbonyl (C=O) groups excluding carboxylic acids is 1. The van der Waals surface area contributed by atoms with Crippen molar-refractivity contribution in [2.45, 2.75) is 0 Å². The molecule has 4 aromatic rings. The van der Waals surface area contributed by atoms with Crippen LogP contribution in [0, 0.1) is 0 Å².